The van der Waals surface area contributed by atoms with E-state index in [2.05, 4.69) is 78.3 Å². The van der Waals surface area contributed by atoms with Gasteiger partial charge < -0.3 is 9.59 Å². The normalized spacial score (nSPS) is 26.0. The minimum Gasteiger partial charge on any atom is -0.382 e. The number of quaternary nitrogens is 1. The first-order chi connectivity index (χ1) is 18.2. The van der Waals surface area contributed by atoms with Gasteiger partial charge in [0.15, 0.2) is 0 Å². The summed E-state index contributed by atoms with van der Waals surface area (Å²) in [5, 5.41) is 18.4. The topological polar surface area (TPSA) is 33.1 Å². The third-order valence-corrected chi connectivity index (χ3v) is 9.40. The molecule has 4 aromatic carbocycles. The van der Waals surface area contributed by atoms with E-state index < -0.39 is 6.10 Å². The Morgan fingerprint density at radius 3 is 2.32 bits per heavy atom. The summed E-state index contributed by atoms with van der Waals surface area (Å²) in [7, 11) is 0. The summed E-state index contributed by atoms with van der Waals surface area (Å²) in [5.41, 5.74) is 3.37. The molecule has 3 saturated heterocycles. The average molecular weight is 486 g/mol. The highest BCUT2D eigenvalue weighted by Crippen LogP contribution is 2.49. The predicted molar refractivity (Wildman–Crippen MR) is 152 cm³/mol. The molecule has 4 heterocycles. The fourth-order valence-corrected chi connectivity index (χ4v) is 7.56. The highest BCUT2D eigenvalue weighted by molar-refractivity contribution is 6.02. The van der Waals surface area contributed by atoms with E-state index in [4.69, 9.17) is 0 Å². The van der Waals surface area contributed by atoms with Crippen LogP contribution in [0.3, 0.4) is 0 Å². The second-order valence-electron chi connectivity index (χ2n) is 11.2. The van der Waals surface area contributed by atoms with Crippen molar-refractivity contribution in [2.75, 3.05) is 13.1 Å². The minimum atomic E-state index is -0.539. The van der Waals surface area contributed by atoms with Gasteiger partial charge in [-0.15, -0.1) is 6.58 Å². The summed E-state index contributed by atoms with van der Waals surface area (Å²) < 4.78 is 0.906. The van der Waals surface area contributed by atoms with Crippen molar-refractivity contribution < 1.29 is 9.59 Å². The maximum atomic E-state index is 12.1. The second-order valence-corrected chi connectivity index (χ2v) is 11.2. The van der Waals surface area contributed by atoms with E-state index in [0.29, 0.717) is 11.8 Å². The van der Waals surface area contributed by atoms with Crippen LogP contribution in [0.4, 0.5) is 0 Å². The molecule has 3 aliphatic rings. The number of nitrogens with zero attached hydrogens (tertiary/aromatic N) is 2. The van der Waals surface area contributed by atoms with Gasteiger partial charge >= 0.3 is 0 Å². The zero-order valence-corrected chi connectivity index (χ0v) is 21.1. The number of hydrogen-bond donors (Lipinski definition) is 1. The lowest BCUT2D eigenvalue weighted by Gasteiger charge is -2.58. The summed E-state index contributed by atoms with van der Waals surface area (Å²) in [4.78, 5) is 4.57. The molecule has 0 aliphatic carbocycles. The van der Waals surface area contributed by atoms with Gasteiger partial charge in [0.25, 0.3) is 0 Å². The van der Waals surface area contributed by atoms with Crippen LogP contribution in [0, 0.1) is 11.8 Å². The van der Waals surface area contributed by atoms with Crippen LogP contribution in [-0.2, 0) is 6.54 Å². The van der Waals surface area contributed by atoms with E-state index in [0.717, 1.165) is 47.0 Å². The number of hydrogen-bond acceptors (Lipinski definition) is 2. The van der Waals surface area contributed by atoms with E-state index in [1.807, 2.05) is 30.5 Å². The molecule has 1 aromatic heterocycles. The zero-order valence-electron chi connectivity index (χ0n) is 21.1. The quantitative estimate of drug-likeness (QED) is 0.162. The molecule has 8 rings (SSSR count). The summed E-state index contributed by atoms with van der Waals surface area (Å²) in [6, 6.07) is 30.3. The number of rotatable bonds is 5. The van der Waals surface area contributed by atoms with Crippen molar-refractivity contribution in [2.24, 2.45) is 11.8 Å². The van der Waals surface area contributed by atoms with E-state index in [1.54, 1.807) is 0 Å². The SMILES string of the molecule is C=C[C@@H]1C[N+]2(Cc3c4ccccc4cc4ccccc34)CCC1C[C@@H]2[C@H](O)c1ccnc2ccccc12. The van der Waals surface area contributed by atoms with Gasteiger partial charge in [0.1, 0.15) is 18.7 Å². The van der Waals surface area contributed by atoms with Crippen LogP contribution in [0.5, 0.6) is 0 Å². The average Bonchev–Trinajstić information content (AvgIpc) is 2.96. The molecule has 0 saturated carbocycles. The lowest BCUT2D eigenvalue weighted by molar-refractivity contribution is -0.984. The highest BCUT2D eigenvalue weighted by Gasteiger charge is 2.54. The number of benzene rings is 4. The van der Waals surface area contributed by atoms with Crippen LogP contribution in [-0.4, -0.2) is 33.7 Å². The van der Waals surface area contributed by atoms with Crippen molar-refractivity contribution in [2.45, 2.75) is 31.5 Å². The molecule has 2 bridgehead atoms. The molecular formula is C34H33N2O+. The van der Waals surface area contributed by atoms with Crippen molar-refractivity contribution in [3.05, 3.63) is 115 Å². The van der Waals surface area contributed by atoms with Crippen LogP contribution < -0.4 is 0 Å². The molecule has 5 aromatic rings. The summed E-state index contributed by atoms with van der Waals surface area (Å²) >= 11 is 0. The van der Waals surface area contributed by atoms with Gasteiger partial charge in [-0.3, -0.25) is 4.98 Å². The van der Waals surface area contributed by atoms with Crippen LogP contribution in [0.25, 0.3) is 32.4 Å². The van der Waals surface area contributed by atoms with Gasteiger partial charge in [-0.25, -0.2) is 0 Å². The number of fused-ring (bicyclic) bond motifs is 6. The van der Waals surface area contributed by atoms with Crippen LogP contribution >= 0.6 is 0 Å². The van der Waals surface area contributed by atoms with Crippen LogP contribution in [0.15, 0.2) is 104 Å². The molecule has 184 valence electrons. The van der Waals surface area contributed by atoms with Gasteiger partial charge in [-0.1, -0.05) is 72.8 Å². The molecule has 3 fully saturated rings. The number of aliphatic hydroxyl groups is 1. The van der Waals surface area contributed by atoms with Crippen molar-refractivity contribution in [3.63, 3.8) is 0 Å². The molecule has 1 N–H and O–H groups in total. The highest BCUT2D eigenvalue weighted by atomic mass is 16.3. The fraction of sp³-hybridized carbons (Fsp3) is 0.265. The monoisotopic (exact) mass is 485 g/mol. The smallest absolute Gasteiger partial charge is 0.131 e. The van der Waals surface area contributed by atoms with Crippen molar-refractivity contribution >= 4 is 32.4 Å². The van der Waals surface area contributed by atoms with E-state index >= 15 is 0 Å². The van der Waals surface area contributed by atoms with Gasteiger partial charge in [0, 0.05) is 35.9 Å². The third kappa shape index (κ3) is 3.60. The molecule has 0 radical (unpaired) electrons. The number of pyridine rings is 1. The molecule has 5 atom stereocenters. The number of aliphatic hydroxyl groups excluding tert-OH is 1. The van der Waals surface area contributed by atoms with Crippen LogP contribution in [0.1, 0.15) is 30.1 Å². The Morgan fingerprint density at radius 2 is 1.59 bits per heavy atom. The summed E-state index contributed by atoms with van der Waals surface area (Å²) in [5.74, 6) is 1.09. The van der Waals surface area contributed by atoms with E-state index in [1.165, 1.54) is 33.5 Å². The maximum Gasteiger partial charge on any atom is 0.131 e. The van der Waals surface area contributed by atoms with Gasteiger partial charge in [0.05, 0.1) is 18.6 Å². The first kappa shape index (κ1) is 22.7. The Hall–Kier alpha value is -3.53. The first-order valence-electron chi connectivity index (χ1n) is 13.6. The molecule has 37 heavy (non-hydrogen) atoms. The third-order valence-electron chi connectivity index (χ3n) is 9.40. The lowest BCUT2D eigenvalue weighted by atomic mass is 9.71. The predicted octanol–water partition coefficient (Wildman–Crippen LogP) is 7.19. The molecule has 3 nitrogen and oxygen atoms in total. The van der Waals surface area contributed by atoms with Crippen molar-refractivity contribution in [3.8, 4) is 0 Å². The molecule has 3 heteroatoms. The second kappa shape index (κ2) is 8.79. The van der Waals surface area contributed by atoms with Crippen molar-refractivity contribution in [1.82, 2.24) is 4.98 Å². The Bertz CT molecular complexity index is 1580. The Kier molecular flexibility index (Phi) is 5.38. The van der Waals surface area contributed by atoms with Crippen molar-refractivity contribution in [1.29, 1.82) is 0 Å². The molecule has 2 unspecified atom stereocenters. The molecule has 0 spiro atoms. The number of para-hydroxylation sites is 1. The lowest BCUT2D eigenvalue weighted by Crippen LogP contribution is -2.67. The zero-order chi connectivity index (χ0) is 25.0. The number of aromatic nitrogens is 1. The summed E-state index contributed by atoms with van der Waals surface area (Å²) in [6.45, 7) is 7.28. The number of piperidine rings is 3. The molecule has 3 aliphatic heterocycles. The minimum absolute atomic E-state index is 0.137. The van der Waals surface area contributed by atoms with E-state index in [-0.39, 0.29) is 6.04 Å². The Balaban J connectivity index is 1.39. The molecular weight excluding hydrogens is 452 g/mol. The van der Waals surface area contributed by atoms with E-state index in [9.17, 15) is 5.11 Å². The molecule has 0 amide bonds. The largest absolute Gasteiger partial charge is 0.382 e. The Morgan fingerprint density at radius 1 is 0.919 bits per heavy atom. The first-order valence-corrected chi connectivity index (χ1v) is 13.6. The maximum absolute atomic E-state index is 12.1. The van der Waals surface area contributed by atoms with Gasteiger partial charge in [0.2, 0.25) is 0 Å². The summed E-state index contributed by atoms with van der Waals surface area (Å²) in [6.07, 6.45) is 5.72. The van der Waals surface area contributed by atoms with Gasteiger partial charge in [-0.2, -0.15) is 0 Å². The van der Waals surface area contributed by atoms with Crippen LogP contribution in [0.2, 0.25) is 0 Å². The standard InChI is InChI=1S/C34H33N2O/c1-2-23-21-36(22-31-27-11-5-3-9-25(27)19-26-10-4-6-12-28(26)31)18-16-24(23)20-33(36)34(37)30-15-17-35-32-14-8-7-13-29(30)32/h2-15,17,19,23-24,33-34,37H,1,16,18,20-22H2/q+1/t23-,24?,33-,34-,36?/m1/s1. The van der Waals surface area contributed by atoms with Gasteiger partial charge in [-0.05, 0) is 51.2 Å². The fourth-order valence-electron chi connectivity index (χ4n) is 7.56. The Labute approximate surface area is 218 Å².